The molecular weight excluding hydrogens is 674 g/mol. The molecule has 0 spiro atoms. The summed E-state index contributed by atoms with van der Waals surface area (Å²) in [6.07, 6.45) is 7.54. The van der Waals surface area contributed by atoms with E-state index < -0.39 is 35.8 Å². The van der Waals surface area contributed by atoms with Gasteiger partial charge in [-0.15, -0.1) is 0 Å². The van der Waals surface area contributed by atoms with Gasteiger partial charge < -0.3 is 19.9 Å². The predicted octanol–water partition coefficient (Wildman–Crippen LogP) is 5.85. The van der Waals surface area contributed by atoms with Gasteiger partial charge in [0, 0.05) is 36.4 Å². The van der Waals surface area contributed by atoms with Crippen LogP contribution in [0.5, 0.6) is 17.2 Å². The third-order valence-electron chi connectivity index (χ3n) is 11.1. The number of carbonyl (C=O) groups excluding carboxylic acids is 4. The normalized spacial score (nSPS) is 22.0. The minimum absolute atomic E-state index is 0.0361. The monoisotopic (exact) mass is 715 g/mol. The number of aliphatic hydroxyl groups is 1. The van der Waals surface area contributed by atoms with Crippen molar-refractivity contribution < 1.29 is 33.8 Å². The maximum Gasteiger partial charge on any atom is 0.262 e. The van der Waals surface area contributed by atoms with Gasteiger partial charge in [-0.25, -0.2) is 9.97 Å². The van der Waals surface area contributed by atoms with Crippen molar-refractivity contribution >= 4 is 29.3 Å². The van der Waals surface area contributed by atoms with Crippen LogP contribution in [-0.4, -0.2) is 61.8 Å². The van der Waals surface area contributed by atoms with Gasteiger partial charge in [-0.1, -0.05) is 44.5 Å². The first-order chi connectivity index (χ1) is 25.5. The van der Waals surface area contributed by atoms with Crippen LogP contribution in [0, 0.1) is 5.92 Å². The number of nitrogens with zero attached hydrogens (tertiary/aromatic N) is 3. The second-order valence-electron chi connectivity index (χ2n) is 14.9. The fourth-order valence-corrected chi connectivity index (χ4v) is 7.46. The Morgan fingerprint density at radius 2 is 1.47 bits per heavy atom. The highest BCUT2D eigenvalue weighted by Gasteiger charge is 2.45. The highest BCUT2D eigenvalue weighted by Crippen LogP contribution is 2.38. The maximum atomic E-state index is 13.2. The average Bonchev–Trinajstić information content (AvgIpc) is 3.35. The summed E-state index contributed by atoms with van der Waals surface area (Å²) >= 11 is 0. The topological polar surface area (TPSA) is 160 Å². The van der Waals surface area contributed by atoms with Crippen molar-refractivity contribution in [2.24, 2.45) is 5.92 Å². The lowest BCUT2D eigenvalue weighted by Crippen LogP contribution is -2.54. The van der Waals surface area contributed by atoms with Crippen molar-refractivity contribution in [3.8, 4) is 17.2 Å². The quantitative estimate of drug-likeness (QED) is 0.161. The number of fused-ring (bicyclic) bond motifs is 1. The van der Waals surface area contributed by atoms with E-state index in [9.17, 15) is 24.3 Å². The van der Waals surface area contributed by atoms with Crippen LogP contribution in [0.15, 0.2) is 79.1 Å². The molecule has 4 aromatic rings. The van der Waals surface area contributed by atoms with E-state index in [1.807, 2.05) is 24.3 Å². The largest absolute Gasteiger partial charge is 0.490 e. The average molecular weight is 716 g/mol. The molecule has 3 fully saturated rings. The van der Waals surface area contributed by atoms with E-state index in [2.05, 4.69) is 58.7 Å². The van der Waals surface area contributed by atoms with Gasteiger partial charge in [0.15, 0.2) is 11.6 Å². The van der Waals surface area contributed by atoms with E-state index in [-0.39, 0.29) is 47.4 Å². The Morgan fingerprint density at radius 1 is 0.830 bits per heavy atom. The molecule has 3 aromatic carbocycles. The number of benzene rings is 3. The number of anilines is 1. The number of nitrogens with one attached hydrogen (secondary N) is 2. The highest BCUT2D eigenvalue weighted by atomic mass is 16.5. The van der Waals surface area contributed by atoms with Gasteiger partial charge in [0.2, 0.25) is 11.8 Å². The van der Waals surface area contributed by atoms with Gasteiger partial charge in [0.25, 0.3) is 11.8 Å². The zero-order valence-electron chi connectivity index (χ0n) is 29.6. The smallest absolute Gasteiger partial charge is 0.262 e. The molecule has 3 N–H and O–H groups in total. The molecule has 12 heteroatoms. The van der Waals surface area contributed by atoms with Crippen LogP contribution in [0.25, 0.3) is 0 Å². The molecule has 2 aliphatic carbocycles. The fourth-order valence-electron chi connectivity index (χ4n) is 7.46. The van der Waals surface area contributed by atoms with E-state index in [4.69, 9.17) is 9.47 Å². The van der Waals surface area contributed by atoms with E-state index >= 15 is 0 Å². The fraction of sp³-hybridized carbons (Fsp3) is 0.366. The summed E-state index contributed by atoms with van der Waals surface area (Å²) < 4.78 is 12.2. The molecule has 2 unspecified atom stereocenters. The molecule has 2 saturated carbocycles. The van der Waals surface area contributed by atoms with Crippen molar-refractivity contribution in [2.75, 3.05) is 5.32 Å². The number of imide groups is 2. The van der Waals surface area contributed by atoms with Gasteiger partial charge in [-0.2, -0.15) is 0 Å². The van der Waals surface area contributed by atoms with Crippen LogP contribution in [0.2, 0.25) is 0 Å². The molecule has 53 heavy (non-hydrogen) atoms. The molecule has 1 aromatic heterocycles. The number of ether oxygens (including phenoxy) is 2. The van der Waals surface area contributed by atoms with E-state index in [1.165, 1.54) is 0 Å². The third kappa shape index (κ3) is 6.74. The molecule has 0 radical (unpaired) electrons. The van der Waals surface area contributed by atoms with Gasteiger partial charge in [-0.05, 0) is 78.8 Å². The zero-order valence-corrected chi connectivity index (χ0v) is 29.6. The maximum absolute atomic E-state index is 13.2. The van der Waals surface area contributed by atoms with Crippen LogP contribution in [0.1, 0.15) is 103 Å². The number of hydrogen-bond acceptors (Lipinski definition) is 10. The molecule has 272 valence electrons. The lowest BCUT2D eigenvalue weighted by molar-refractivity contribution is -0.136. The summed E-state index contributed by atoms with van der Waals surface area (Å²) in [6, 6.07) is 20.3. The van der Waals surface area contributed by atoms with Crippen LogP contribution < -0.4 is 20.1 Å². The zero-order chi connectivity index (χ0) is 36.9. The molecule has 2 aliphatic heterocycles. The molecule has 3 heterocycles. The van der Waals surface area contributed by atoms with E-state index in [1.54, 1.807) is 30.6 Å². The molecule has 2 atom stereocenters. The predicted molar refractivity (Wildman–Crippen MR) is 194 cm³/mol. The van der Waals surface area contributed by atoms with Crippen LogP contribution in [0.4, 0.5) is 5.69 Å². The summed E-state index contributed by atoms with van der Waals surface area (Å²) in [4.78, 5) is 59.7. The Labute approximate surface area is 306 Å². The van der Waals surface area contributed by atoms with Gasteiger partial charge in [0.05, 0.1) is 23.5 Å². The highest BCUT2D eigenvalue weighted by molar-refractivity contribution is 6.23. The van der Waals surface area contributed by atoms with Crippen molar-refractivity contribution in [1.29, 1.82) is 0 Å². The summed E-state index contributed by atoms with van der Waals surface area (Å²) in [5.41, 5.74) is 3.22. The van der Waals surface area contributed by atoms with Crippen LogP contribution >= 0.6 is 0 Å². The second-order valence-corrected chi connectivity index (χ2v) is 14.9. The number of hydrogen-bond donors (Lipinski definition) is 3. The number of rotatable bonds is 11. The molecule has 12 nitrogen and oxygen atoms in total. The first kappa shape index (κ1) is 34.5. The minimum Gasteiger partial charge on any atom is -0.490 e. The van der Waals surface area contributed by atoms with Gasteiger partial charge >= 0.3 is 0 Å². The van der Waals surface area contributed by atoms with E-state index in [0.29, 0.717) is 23.0 Å². The molecule has 4 aliphatic rings. The summed E-state index contributed by atoms with van der Waals surface area (Å²) in [5, 5.41) is 16.1. The summed E-state index contributed by atoms with van der Waals surface area (Å²) in [7, 11) is 0. The van der Waals surface area contributed by atoms with Crippen LogP contribution in [0.3, 0.4) is 0 Å². The van der Waals surface area contributed by atoms with Gasteiger partial charge in [-0.3, -0.25) is 29.4 Å². The summed E-state index contributed by atoms with van der Waals surface area (Å²) in [6.45, 7) is 4.35. The van der Waals surface area contributed by atoms with E-state index in [0.717, 1.165) is 53.9 Å². The molecule has 1 saturated heterocycles. The number of aliphatic hydroxyl groups excluding tert-OH is 1. The SMILES string of the molecule is CC(C)(c1ccc(Oc2cnc(C(O)C3CCC3)nc2)cc1)c1ccc(O[C@H]2C[C@H](Nc3ccc4c(c3)C(=O)N(C3CCC(=O)NC3=O)C4=O)C2)cc1. The van der Waals surface area contributed by atoms with Crippen LogP contribution in [-0.2, 0) is 15.0 Å². The number of amides is 4. The molecule has 4 amide bonds. The Morgan fingerprint density at radius 3 is 2.09 bits per heavy atom. The first-order valence-electron chi connectivity index (χ1n) is 18.2. The van der Waals surface area contributed by atoms with Crippen molar-refractivity contribution in [1.82, 2.24) is 20.2 Å². The standard InChI is InChI=1S/C41H41N5O7/c1-41(2,25-8-13-29(14-9-25)53-31-21-42-37(43-22-31)36(48)23-4-3-5-23)24-6-11-28(12-7-24)52-30-18-27(19-30)44-26-10-15-32-33(20-26)40(51)46(39(32)50)34-16-17-35(47)45-38(34)49/h6-15,20-23,27,30,34,36,44,48H,3-5,16-19H2,1-2H3,(H,45,47,49)/t27-,30-,34?,36?. The van der Waals surface area contributed by atoms with Gasteiger partial charge in [0.1, 0.15) is 29.7 Å². The van der Waals surface area contributed by atoms with Crippen molar-refractivity contribution in [3.05, 3.63) is 107 Å². The minimum atomic E-state index is -0.989. The summed E-state index contributed by atoms with van der Waals surface area (Å²) in [5.74, 6) is 0.608. The number of aromatic nitrogens is 2. The molecule has 0 bridgehead atoms. The Balaban J connectivity index is 0.823. The lowest BCUT2D eigenvalue weighted by atomic mass is 9.78. The first-order valence-corrected chi connectivity index (χ1v) is 18.2. The third-order valence-corrected chi connectivity index (χ3v) is 11.1. The second kappa shape index (κ2) is 13.7. The number of piperidine rings is 1. The lowest BCUT2D eigenvalue weighted by Gasteiger charge is -2.36. The van der Waals surface area contributed by atoms with Crippen molar-refractivity contribution in [3.63, 3.8) is 0 Å². The Bertz CT molecular complexity index is 2060. The van der Waals surface area contributed by atoms with Crippen molar-refractivity contribution in [2.45, 2.75) is 88.5 Å². The molecular formula is C41H41N5O7. The Hall–Kier alpha value is -5.62. The molecule has 8 rings (SSSR count). The Kier molecular flexibility index (Phi) is 8.93. The number of carbonyl (C=O) groups is 4.